The Balaban J connectivity index is 2.27. The van der Waals surface area contributed by atoms with Gasteiger partial charge in [-0.05, 0) is 0 Å². The fourth-order valence-corrected chi connectivity index (χ4v) is 1.78. The Bertz CT molecular complexity index is 492. The molecule has 2 atom stereocenters. The molecule has 88 valence electrons. The van der Waals surface area contributed by atoms with Crippen LogP contribution in [-0.4, -0.2) is 27.9 Å². The Kier molecular flexibility index (Phi) is 2.69. The van der Waals surface area contributed by atoms with Crippen molar-refractivity contribution in [1.29, 1.82) is 0 Å². The zero-order chi connectivity index (χ0) is 11.8. The highest BCUT2D eigenvalue weighted by Gasteiger charge is 2.36. The molecule has 1 saturated heterocycles. The van der Waals surface area contributed by atoms with Crippen LogP contribution in [0.2, 0.25) is 0 Å². The minimum absolute atomic E-state index is 0.0155. The monoisotopic (exact) mass is 226 g/mol. The van der Waals surface area contributed by atoms with Crippen LogP contribution in [0.25, 0.3) is 0 Å². The van der Waals surface area contributed by atoms with Gasteiger partial charge in [-0.1, -0.05) is 6.92 Å². The fourth-order valence-electron chi connectivity index (χ4n) is 1.78. The average Bonchev–Trinajstić information content (AvgIpc) is 2.62. The van der Waals surface area contributed by atoms with Gasteiger partial charge >= 0.3 is 5.69 Å². The molecule has 0 amide bonds. The van der Waals surface area contributed by atoms with E-state index in [4.69, 9.17) is 4.74 Å². The van der Waals surface area contributed by atoms with Crippen molar-refractivity contribution in [2.24, 2.45) is 5.41 Å². The normalized spacial score (nSPS) is 29.5. The summed E-state index contributed by atoms with van der Waals surface area (Å²) in [5.74, 6) is 0. The second-order valence-electron chi connectivity index (χ2n) is 4.46. The van der Waals surface area contributed by atoms with Gasteiger partial charge in [-0.15, -0.1) is 0 Å². The third-order valence-electron chi connectivity index (χ3n) is 2.83. The van der Waals surface area contributed by atoms with Gasteiger partial charge in [0, 0.05) is 24.1 Å². The van der Waals surface area contributed by atoms with E-state index in [9.17, 15) is 14.7 Å². The molecule has 0 radical (unpaired) electrons. The Morgan fingerprint density at radius 3 is 3.00 bits per heavy atom. The van der Waals surface area contributed by atoms with Crippen molar-refractivity contribution < 1.29 is 9.84 Å². The number of aromatic nitrogens is 2. The number of hydrogen-bond acceptors (Lipinski definition) is 4. The SMILES string of the molecule is C[C@@]1(CO)CO[C@@H](n2ccc(=O)[nH]c2=O)C1. The Morgan fingerprint density at radius 2 is 2.44 bits per heavy atom. The van der Waals surface area contributed by atoms with Crippen LogP contribution in [0.15, 0.2) is 21.9 Å². The van der Waals surface area contributed by atoms with Gasteiger partial charge in [0.2, 0.25) is 0 Å². The quantitative estimate of drug-likeness (QED) is 0.709. The van der Waals surface area contributed by atoms with Crippen LogP contribution < -0.4 is 11.2 Å². The molecule has 0 aromatic carbocycles. The summed E-state index contributed by atoms with van der Waals surface area (Å²) in [5, 5.41) is 9.18. The summed E-state index contributed by atoms with van der Waals surface area (Å²) in [5.41, 5.74) is -1.23. The lowest BCUT2D eigenvalue weighted by molar-refractivity contribution is 0.0413. The molecule has 1 aromatic rings. The molecular formula is C10H14N2O4. The van der Waals surface area contributed by atoms with Crippen molar-refractivity contribution in [3.63, 3.8) is 0 Å². The van der Waals surface area contributed by atoms with Gasteiger partial charge < -0.3 is 9.84 Å². The van der Waals surface area contributed by atoms with Crippen molar-refractivity contribution in [3.8, 4) is 0 Å². The number of nitrogens with zero attached hydrogens (tertiary/aromatic N) is 1. The molecule has 0 aliphatic carbocycles. The molecule has 6 nitrogen and oxygen atoms in total. The molecule has 2 rings (SSSR count). The number of aliphatic hydroxyl groups excluding tert-OH is 1. The highest BCUT2D eigenvalue weighted by atomic mass is 16.5. The smallest absolute Gasteiger partial charge is 0.330 e. The van der Waals surface area contributed by atoms with Crippen LogP contribution in [0.3, 0.4) is 0 Å². The lowest BCUT2D eigenvalue weighted by atomic mass is 9.90. The summed E-state index contributed by atoms with van der Waals surface area (Å²) < 4.78 is 6.78. The first kappa shape index (κ1) is 11.1. The molecule has 0 bridgehead atoms. The van der Waals surface area contributed by atoms with Gasteiger partial charge in [0.1, 0.15) is 6.23 Å². The average molecular weight is 226 g/mol. The fraction of sp³-hybridized carbons (Fsp3) is 0.600. The number of aromatic amines is 1. The number of hydrogen-bond donors (Lipinski definition) is 2. The molecule has 1 aromatic heterocycles. The van der Waals surface area contributed by atoms with Crippen LogP contribution in [0.4, 0.5) is 0 Å². The topological polar surface area (TPSA) is 84.3 Å². The summed E-state index contributed by atoms with van der Waals surface area (Å²) >= 11 is 0. The van der Waals surface area contributed by atoms with Crippen LogP contribution in [0.5, 0.6) is 0 Å². The minimum atomic E-state index is -0.486. The summed E-state index contributed by atoms with van der Waals surface area (Å²) in [4.78, 5) is 24.6. The molecule has 0 unspecified atom stereocenters. The Morgan fingerprint density at radius 1 is 1.69 bits per heavy atom. The Labute approximate surface area is 91.5 Å². The minimum Gasteiger partial charge on any atom is -0.396 e. The van der Waals surface area contributed by atoms with E-state index in [0.717, 1.165) is 0 Å². The van der Waals surface area contributed by atoms with Crippen molar-refractivity contribution in [2.45, 2.75) is 19.6 Å². The van der Waals surface area contributed by atoms with Crippen LogP contribution >= 0.6 is 0 Å². The summed E-state index contributed by atoms with van der Waals surface area (Å²) in [7, 11) is 0. The van der Waals surface area contributed by atoms with E-state index in [2.05, 4.69) is 4.98 Å². The number of nitrogens with one attached hydrogen (secondary N) is 1. The van der Waals surface area contributed by atoms with E-state index in [1.54, 1.807) is 0 Å². The van der Waals surface area contributed by atoms with Gasteiger partial charge in [-0.3, -0.25) is 14.3 Å². The van der Waals surface area contributed by atoms with E-state index in [1.165, 1.54) is 16.8 Å². The molecule has 1 fully saturated rings. The lowest BCUT2D eigenvalue weighted by Crippen LogP contribution is -2.31. The van der Waals surface area contributed by atoms with E-state index in [1.807, 2.05) is 6.92 Å². The van der Waals surface area contributed by atoms with Gasteiger partial charge in [0.15, 0.2) is 0 Å². The largest absolute Gasteiger partial charge is 0.396 e. The summed E-state index contributed by atoms with van der Waals surface area (Å²) in [6.45, 7) is 2.31. The van der Waals surface area contributed by atoms with Crippen molar-refractivity contribution in [1.82, 2.24) is 9.55 Å². The van der Waals surface area contributed by atoms with E-state index in [-0.39, 0.29) is 12.0 Å². The first-order valence-electron chi connectivity index (χ1n) is 5.08. The van der Waals surface area contributed by atoms with Crippen molar-refractivity contribution in [2.75, 3.05) is 13.2 Å². The van der Waals surface area contributed by atoms with Crippen LogP contribution in [0, 0.1) is 5.41 Å². The van der Waals surface area contributed by atoms with Crippen LogP contribution in [0.1, 0.15) is 19.6 Å². The second-order valence-corrected chi connectivity index (χ2v) is 4.46. The van der Waals surface area contributed by atoms with Gasteiger partial charge in [-0.2, -0.15) is 0 Å². The standard InChI is InChI=1S/C10H14N2O4/c1-10(5-13)4-8(16-6-10)12-3-2-7(14)11-9(12)15/h2-3,8,13H,4-6H2,1H3,(H,11,14,15)/t8-,10-/m1/s1. The zero-order valence-electron chi connectivity index (χ0n) is 8.97. The third kappa shape index (κ3) is 1.94. The van der Waals surface area contributed by atoms with Gasteiger partial charge in [0.05, 0.1) is 13.2 Å². The maximum absolute atomic E-state index is 11.5. The van der Waals surface area contributed by atoms with E-state index < -0.39 is 17.5 Å². The van der Waals surface area contributed by atoms with Crippen molar-refractivity contribution in [3.05, 3.63) is 33.1 Å². The highest BCUT2D eigenvalue weighted by Crippen LogP contribution is 2.36. The molecule has 1 aliphatic heterocycles. The molecule has 0 spiro atoms. The van der Waals surface area contributed by atoms with Gasteiger partial charge in [-0.25, -0.2) is 4.79 Å². The number of aliphatic hydroxyl groups is 1. The number of ether oxygens (including phenoxy) is 1. The molecule has 0 saturated carbocycles. The first-order chi connectivity index (χ1) is 7.54. The lowest BCUT2D eigenvalue weighted by Gasteiger charge is -2.17. The predicted molar refractivity (Wildman–Crippen MR) is 56.1 cm³/mol. The maximum atomic E-state index is 11.5. The first-order valence-corrected chi connectivity index (χ1v) is 5.08. The molecule has 2 heterocycles. The molecule has 16 heavy (non-hydrogen) atoms. The van der Waals surface area contributed by atoms with Gasteiger partial charge in [0.25, 0.3) is 5.56 Å². The summed E-state index contributed by atoms with van der Waals surface area (Å²) in [6.07, 6.45) is 1.55. The molecular weight excluding hydrogens is 212 g/mol. The molecule has 2 N–H and O–H groups in total. The highest BCUT2D eigenvalue weighted by molar-refractivity contribution is 4.88. The van der Waals surface area contributed by atoms with E-state index in [0.29, 0.717) is 13.0 Å². The van der Waals surface area contributed by atoms with Crippen LogP contribution in [-0.2, 0) is 4.74 Å². The Hall–Kier alpha value is -1.40. The predicted octanol–water partition coefficient (Wildman–Crippen LogP) is -0.546. The van der Waals surface area contributed by atoms with E-state index >= 15 is 0 Å². The maximum Gasteiger partial charge on any atom is 0.330 e. The number of H-pyrrole nitrogens is 1. The third-order valence-corrected chi connectivity index (χ3v) is 2.83. The second kappa shape index (κ2) is 3.88. The molecule has 6 heteroatoms. The molecule has 1 aliphatic rings. The number of rotatable bonds is 2. The zero-order valence-corrected chi connectivity index (χ0v) is 8.97. The van der Waals surface area contributed by atoms with Crippen molar-refractivity contribution >= 4 is 0 Å². The summed E-state index contributed by atoms with van der Waals surface area (Å²) in [6, 6.07) is 1.28.